The number of piperidine rings is 1. The van der Waals surface area contributed by atoms with Gasteiger partial charge >= 0.3 is 6.09 Å². The number of benzene rings is 2. The molecule has 2 aromatic carbocycles. The number of carbonyl (C=O) groups is 2. The van der Waals surface area contributed by atoms with Crippen LogP contribution in [0.2, 0.25) is 0 Å². The number of carbonyl (C=O) groups excluding carboxylic acids is 2. The summed E-state index contributed by atoms with van der Waals surface area (Å²) in [5.74, 6) is 1.28. The van der Waals surface area contributed by atoms with Crippen molar-refractivity contribution in [3.63, 3.8) is 0 Å². The molecule has 3 heterocycles. The summed E-state index contributed by atoms with van der Waals surface area (Å²) in [6.07, 6.45) is 7.24. The number of ether oxygens (including phenoxy) is 1. The van der Waals surface area contributed by atoms with Gasteiger partial charge in [0.2, 0.25) is 5.91 Å². The van der Waals surface area contributed by atoms with Gasteiger partial charge in [0.05, 0.1) is 7.11 Å². The Kier molecular flexibility index (Phi) is 10.7. The van der Waals surface area contributed by atoms with Crippen molar-refractivity contribution in [2.75, 3.05) is 64.4 Å². The van der Waals surface area contributed by atoms with Crippen molar-refractivity contribution < 1.29 is 23.1 Å². The summed E-state index contributed by atoms with van der Waals surface area (Å²) in [4.78, 5) is 32.1. The Morgan fingerprint density at radius 2 is 1.70 bits per heavy atom. The fourth-order valence-corrected chi connectivity index (χ4v) is 9.70. The van der Waals surface area contributed by atoms with Gasteiger partial charge in [0.1, 0.15) is 12.0 Å². The smallest absolute Gasteiger partial charge is 0.407 e. The standard InChI is InChI=1S/C40H55F2N5O3/c1-27(48)43-26-40(33-5-3-6-34(41)19-33,37-7-4-8-38(37)44-39(49)50-2)32-13-15-45(16-14-32)20-29-21-47(22-29)36-12-11-30(17-28-9-10-28)31(18-36)23-46-24-35(42)25-46/h3,5-6,11-12,18-19,28-29,32,35,37-38H,4,7-10,13-17,20-26H2,1-2H3,(H,43,48)(H,44,49)/t37-,38-,40-/m0/s1. The van der Waals surface area contributed by atoms with Crippen molar-refractivity contribution in [3.8, 4) is 0 Å². The average Bonchev–Trinajstić information content (AvgIpc) is 3.78. The summed E-state index contributed by atoms with van der Waals surface area (Å²) < 4.78 is 33.5. The topological polar surface area (TPSA) is 77.1 Å². The third kappa shape index (κ3) is 7.81. The maximum Gasteiger partial charge on any atom is 0.407 e. The zero-order chi connectivity index (χ0) is 34.8. The highest BCUT2D eigenvalue weighted by Crippen LogP contribution is 2.50. The molecule has 2 aliphatic carbocycles. The lowest BCUT2D eigenvalue weighted by Crippen LogP contribution is -2.58. The van der Waals surface area contributed by atoms with Gasteiger partial charge in [0, 0.05) is 75.8 Å². The average molecular weight is 692 g/mol. The molecule has 5 fully saturated rings. The minimum atomic E-state index is -0.676. The molecule has 3 aliphatic heterocycles. The third-order valence-corrected chi connectivity index (χ3v) is 12.5. The number of hydrogen-bond acceptors (Lipinski definition) is 6. The molecule has 0 aromatic heterocycles. The van der Waals surface area contributed by atoms with Gasteiger partial charge in [0.15, 0.2) is 0 Å². The van der Waals surface area contributed by atoms with Crippen LogP contribution in [0.1, 0.15) is 68.6 Å². The molecule has 0 spiro atoms. The van der Waals surface area contributed by atoms with Gasteiger partial charge in [-0.15, -0.1) is 0 Å². The first-order valence-corrected chi connectivity index (χ1v) is 19.0. The summed E-state index contributed by atoms with van der Waals surface area (Å²) in [6, 6.07) is 13.8. The number of alkyl halides is 1. The Morgan fingerprint density at radius 1 is 0.920 bits per heavy atom. The molecule has 0 radical (unpaired) electrons. The zero-order valence-corrected chi connectivity index (χ0v) is 29.8. The number of halogens is 2. The molecule has 0 bridgehead atoms. The molecule has 10 heteroatoms. The molecule has 5 aliphatic rings. The van der Waals surface area contributed by atoms with Gasteiger partial charge < -0.3 is 25.2 Å². The van der Waals surface area contributed by atoms with Crippen molar-refractivity contribution in [1.29, 1.82) is 0 Å². The highest BCUT2D eigenvalue weighted by atomic mass is 19.1. The van der Waals surface area contributed by atoms with E-state index in [1.807, 2.05) is 6.07 Å². The highest BCUT2D eigenvalue weighted by molar-refractivity contribution is 5.73. The second-order valence-corrected chi connectivity index (χ2v) is 16.0. The monoisotopic (exact) mass is 691 g/mol. The van der Waals surface area contributed by atoms with Crippen LogP contribution in [-0.4, -0.2) is 93.5 Å². The molecule has 3 saturated heterocycles. The number of hydrogen-bond donors (Lipinski definition) is 2. The number of alkyl carbamates (subject to hydrolysis) is 1. The molecule has 0 unspecified atom stereocenters. The van der Waals surface area contributed by atoms with E-state index in [0.29, 0.717) is 25.6 Å². The van der Waals surface area contributed by atoms with E-state index in [-0.39, 0.29) is 29.6 Å². The van der Waals surface area contributed by atoms with E-state index in [0.717, 1.165) is 89.3 Å². The molecular weight excluding hydrogens is 636 g/mol. The van der Waals surface area contributed by atoms with Crippen molar-refractivity contribution in [1.82, 2.24) is 20.4 Å². The first-order valence-electron chi connectivity index (χ1n) is 19.0. The summed E-state index contributed by atoms with van der Waals surface area (Å²) in [6.45, 7) is 8.93. The van der Waals surface area contributed by atoms with Gasteiger partial charge in [-0.05, 0) is 117 Å². The Balaban J connectivity index is 1.01. The van der Waals surface area contributed by atoms with Crippen molar-refractivity contribution >= 4 is 17.7 Å². The number of rotatable bonds is 13. The maximum atomic E-state index is 14.9. The van der Waals surface area contributed by atoms with Crippen LogP contribution in [0, 0.1) is 29.5 Å². The second-order valence-electron chi connectivity index (χ2n) is 16.0. The number of likely N-dealkylation sites (tertiary alicyclic amines) is 2. The molecular formula is C40H55F2N5O3. The first-order chi connectivity index (χ1) is 24.2. The number of methoxy groups -OCH3 is 1. The van der Waals surface area contributed by atoms with Crippen LogP contribution in [0.4, 0.5) is 19.3 Å². The van der Waals surface area contributed by atoms with Gasteiger partial charge in [-0.2, -0.15) is 0 Å². The maximum absolute atomic E-state index is 14.9. The van der Waals surface area contributed by atoms with E-state index in [2.05, 4.69) is 43.5 Å². The third-order valence-electron chi connectivity index (χ3n) is 12.5. The van der Waals surface area contributed by atoms with Crippen LogP contribution >= 0.6 is 0 Å². The summed E-state index contributed by atoms with van der Waals surface area (Å²) in [5.41, 5.74) is 4.48. The van der Waals surface area contributed by atoms with Gasteiger partial charge in [0.25, 0.3) is 0 Å². The molecule has 2 aromatic rings. The van der Waals surface area contributed by atoms with E-state index >= 15 is 0 Å². The largest absolute Gasteiger partial charge is 0.453 e. The van der Waals surface area contributed by atoms with Crippen molar-refractivity contribution in [2.45, 2.75) is 82.5 Å². The lowest BCUT2D eigenvalue weighted by molar-refractivity contribution is -0.119. The SMILES string of the molecule is COC(=O)N[C@H]1CCC[C@@H]1[C@](CNC(C)=O)(c1cccc(F)c1)C1CCN(CC2CN(c3ccc(CC4CC4)c(CN4CC(F)C4)c3)C2)CC1. The molecule has 3 atom stereocenters. The molecule has 7 rings (SSSR count). The fourth-order valence-electron chi connectivity index (χ4n) is 9.70. The number of amides is 2. The van der Waals surface area contributed by atoms with Crippen LogP contribution in [0.15, 0.2) is 42.5 Å². The molecule has 50 heavy (non-hydrogen) atoms. The molecule has 2 saturated carbocycles. The van der Waals surface area contributed by atoms with E-state index in [1.54, 1.807) is 12.1 Å². The summed E-state index contributed by atoms with van der Waals surface area (Å²) >= 11 is 0. The van der Waals surface area contributed by atoms with E-state index in [9.17, 15) is 18.4 Å². The normalized spacial score (nSPS) is 25.1. The van der Waals surface area contributed by atoms with Gasteiger partial charge in [-0.3, -0.25) is 9.69 Å². The quantitative estimate of drug-likeness (QED) is 0.282. The molecule has 272 valence electrons. The summed E-state index contributed by atoms with van der Waals surface area (Å²) in [5, 5.41) is 6.24. The second kappa shape index (κ2) is 15.2. The van der Waals surface area contributed by atoms with Crippen LogP contribution < -0.4 is 15.5 Å². The highest BCUT2D eigenvalue weighted by Gasteiger charge is 2.52. The van der Waals surface area contributed by atoms with Crippen LogP contribution in [-0.2, 0) is 27.9 Å². The van der Waals surface area contributed by atoms with Crippen LogP contribution in [0.25, 0.3) is 0 Å². The van der Waals surface area contributed by atoms with E-state index in [4.69, 9.17) is 4.74 Å². The van der Waals surface area contributed by atoms with Gasteiger partial charge in [-0.1, -0.05) is 24.6 Å². The van der Waals surface area contributed by atoms with Crippen molar-refractivity contribution in [3.05, 3.63) is 65.0 Å². The Morgan fingerprint density at radius 3 is 2.38 bits per heavy atom. The lowest BCUT2D eigenvalue weighted by atomic mass is 9.58. The minimum absolute atomic E-state index is 0.0343. The predicted octanol–water partition coefficient (Wildman–Crippen LogP) is 5.68. The number of anilines is 1. The van der Waals surface area contributed by atoms with Gasteiger partial charge in [-0.25, -0.2) is 13.6 Å². The Hall–Kier alpha value is -3.24. The Labute approximate surface area is 296 Å². The van der Waals surface area contributed by atoms with Crippen LogP contribution in [0.5, 0.6) is 0 Å². The lowest BCUT2D eigenvalue weighted by Gasteiger charge is -2.51. The first kappa shape index (κ1) is 35.2. The van der Waals surface area contributed by atoms with E-state index < -0.39 is 17.7 Å². The van der Waals surface area contributed by atoms with Crippen molar-refractivity contribution in [2.24, 2.45) is 23.7 Å². The van der Waals surface area contributed by atoms with Crippen LogP contribution in [0.3, 0.4) is 0 Å². The molecule has 8 nitrogen and oxygen atoms in total. The summed E-state index contributed by atoms with van der Waals surface area (Å²) in [7, 11) is 1.38. The fraction of sp³-hybridized carbons (Fsp3) is 0.650. The zero-order valence-electron chi connectivity index (χ0n) is 29.8. The number of nitrogens with one attached hydrogen (secondary N) is 2. The molecule has 2 amide bonds. The number of nitrogens with zero attached hydrogens (tertiary/aromatic N) is 3. The van der Waals surface area contributed by atoms with E-state index in [1.165, 1.54) is 49.8 Å². The molecule has 2 N–H and O–H groups in total. The Bertz CT molecular complexity index is 1500. The minimum Gasteiger partial charge on any atom is -0.453 e. The predicted molar refractivity (Wildman–Crippen MR) is 191 cm³/mol.